The Kier molecular flexibility index (Phi) is 5.45. The zero-order valence-electron chi connectivity index (χ0n) is 13.0. The van der Waals surface area contributed by atoms with Gasteiger partial charge in [0.15, 0.2) is 0 Å². The lowest BCUT2D eigenvalue weighted by atomic mass is 9.99. The Morgan fingerprint density at radius 2 is 1.85 bits per heavy atom. The first kappa shape index (κ1) is 16.2. The van der Waals surface area contributed by atoms with E-state index in [9.17, 15) is 8.42 Å². The van der Waals surface area contributed by atoms with E-state index in [2.05, 4.69) is 26.1 Å². The molecule has 2 heterocycles. The third kappa shape index (κ3) is 3.93. The fourth-order valence-electron chi connectivity index (χ4n) is 3.07. The molecule has 6 heteroatoms. The monoisotopic (exact) mass is 303 g/mol. The van der Waals surface area contributed by atoms with Crippen LogP contribution in [0, 0.1) is 11.8 Å². The summed E-state index contributed by atoms with van der Waals surface area (Å²) in [5.74, 6) is 0.939. The van der Waals surface area contributed by atoms with Crippen LogP contribution in [0.2, 0.25) is 0 Å². The van der Waals surface area contributed by atoms with Gasteiger partial charge in [0.2, 0.25) is 0 Å². The number of rotatable bonds is 5. The Labute approximate surface area is 123 Å². The lowest BCUT2D eigenvalue weighted by molar-refractivity contribution is 0.243. The molecule has 118 valence electrons. The normalized spacial score (nSPS) is 30.2. The molecule has 1 N–H and O–H groups in total. The summed E-state index contributed by atoms with van der Waals surface area (Å²) in [4.78, 5) is 0. The SMILES string of the molecule is CC1CCN(S(=O)(=O)N2CCCC(CNC(C)C)C2)C1. The van der Waals surface area contributed by atoms with Crippen molar-refractivity contribution in [2.24, 2.45) is 11.8 Å². The molecule has 2 rings (SSSR count). The van der Waals surface area contributed by atoms with Crippen molar-refractivity contribution in [2.45, 2.75) is 46.1 Å². The van der Waals surface area contributed by atoms with E-state index in [0.717, 1.165) is 25.8 Å². The number of hydrogen-bond donors (Lipinski definition) is 1. The summed E-state index contributed by atoms with van der Waals surface area (Å²) in [7, 11) is -3.23. The van der Waals surface area contributed by atoms with Gasteiger partial charge < -0.3 is 5.32 Å². The third-order valence-electron chi connectivity index (χ3n) is 4.34. The fourth-order valence-corrected chi connectivity index (χ4v) is 4.94. The zero-order valence-corrected chi connectivity index (χ0v) is 13.8. The summed E-state index contributed by atoms with van der Waals surface area (Å²) >= 11 is 0. The van der Waals surface area contributed by atoms with Crippen LogP contribution in [0.3, 0.4) is 0 Å². The average Bonchev–Trinajstić information content (AvgIpc) is 2.84. The van der Waals surface area contributed by atoms with Gasteiger partial charge in [-0.1, -0.05) is 20.8 Å². The van der Waals surface area contributed by atoms with Crippen molar-refractivity contribution in [1.29, 1.82) is 0 Å². The van der Waals surface area contributed by atoms with E-state index in [1.54, 1.807) is 8.61 Å². The Morgan fingerprint density at radius 1 is 1.15 bits per heavy atom. The van der Waals surface area contributed by atoms with E-state index in [1.807, 2.05) is 0 Å². The van der Waals surface area contributed by atoms with Crippen LogP contribution in [0.4, 0.5) is 0 Å². The van der Waals surface area contributed by atoms with Crippen molar-refractivity contribution >= 4 is 10.2 Å². The summed E-state index contributed by atoms with van der Waals surface area (Å²) in [5.41, 5.74) is 0. The first-order valence-corrected chi connectivity index (χ1v) is 9.28. The second-order valence-electron chi connectivity index (χ2n) is 6.69. The first-order valence-electron chi connectivity index (χ1n) is 7.88. The van der Waals surface area contributed by atoms with Crippen LogP contribution < -0.4 is 5.32 Å². The van der Waals surface area contributed by atoms with Crippen molar-refractivity contribution < 1.29 is 8.42 Å². The van der Waals surface area contributed by atoms with Gasteiger partial charge >= 0.3 is 0 Å². The molecule has 2 atom stereocenters. The molecule has 2 fully saturated rings. The van der Waals surface area contributed by atoms with Crippen LogP contribution in [0.25, 0.3) is 0 Å². The predicted molar refractivity (Wildman–Crippen MR) is 81.7 cm³/mol. The van der Waals surface area contributed by atoms with Crippen LogP contribution in [-0.2, 0) is 10.2 Å². The standard InChI is InChI=1S/C14H29N3O2S/c1-12(2)15-9-14-5-4-7-16(11-14)20(18,19)17-8-6-13(3)10-17/h12-15H,4-11H2,1-3H3. The molecular weight excluding hydrogens is 274 g/mol. The van der Waals surface area contributed by atoms with Gasteiger partial charge in [0.25, 0.3) is 10.2 Å². The molecule has 0 aromatic rings. The molecule has 20 heavy (non-hydrogen) atoms. The molecule has 0 aromatic carbocycles. The van der Waals surface area contributed by atoms with Crippen molar-refractivity contribution in [1.82, 2.24) is 13.9 Å². The molecule has 5 nitrogen and oxygen atoms in total. The highest BCUT2D eigenvalue weighted by molar-refractivity contribution is 7.86. The topological polar surface area (TPSA) is 52.7 Å². The van der Waals surface area contributed by atoms with Crippen LogP contribution in [0.1, 0.15) is 40.0 Å². The van der Waals surface area contributed by atoms with Crippen LogP contribution in [0.5, 0.6) is 0 Å². The smallest absolute Gasteiger partial charge is 0.281 e. The second kappa shape index (κ2) is 6.73. The Bertz CT molecular complexity index is 411. The molecule has 0 saturated carbocycles. The quantitative estimate of drug-likeness (QED) is 0.832. The van der Waals surface area contributed by atoms with E-state index in [0.29, 0.717) is 44.1 Å². The van der Waals surface area contributed by atoms with Crippen molar-refractivity contribution in [2.75, 3.05) is 32.7 Å². The summed E-state index contributed by atoms with van der Waals surface area (Å²) < 4.78 is 28.7. The van der Waals surface area contributed by atoms with Gasteiger partial charge in [0.1, 0.15) is 0 Å². The Morgan fingerprint density at radius 3 is 2.45 bits per heavy atom. The molecule has 0 aromatic heterocycles. The number of nitrogens with one attached hydrogen (secondary N) is 1. The summed E-state index contributed by atoms with van der Waals surface area (Å²) in [6.07, 6.45) is 3.10. The largest absolute Gasteiger partial charge is 0.314 e. The van der Waals surface area contributed by atoms with Crippen LogP contribution in [0.15, 0.2) is 0 Å². The number of piperidine rings is 1. The maximum absolute atomic E-state index is 12.6. The van der Waals surface area contributed by atoms with Gasteiger partial charge in [-0.15, -0.1) is 0 Å². The second-order valence-corrected chi connectivity index (χ2v) is 8.62. The molecule has 2 saturated heterocycles. The molecular formula is C14H29N3O2S. The van der Waals surface area contributed by atoms with E-state index in [4.69, 9.17) is 0 Å². The highest BCUT2D eigenvalue weighted by Crippen LogP contribution is 2.25. The maximum atomic E-state index is 12.6. The average molecular weight is 303 g/mol. The maximum Gasteiger partial charge on any atom is 0.281 e. The van der Waals surface area contributed by atoms with Crippen LogP contribution >= 0.6 is 0 Å². The lowest BCUT2D eigenvalue weighted by Gasteiger charge is -2.34. The van der Waals surface area contributed by atoms with Gasteiger partial charge in [0.05, 0.1) is 0 Å². The van der Waals surface area contributed by atoms with Gasteiger partial charge in [-0.3, -0.25) is 0 Å². The van der Waals surface area contributed by atoms with E-state index < -0.39 is 10.2 Å². The van der Waals surface area contributed by atoms with Crippen molar-refractivity contribution in [3.63, 3.8) is 0 Å². The van der Waals surface area contributed by atoms with Gasteiger partial charge in [0, 0.05) is 32.2 Å². The number of hydrogen-bond acceptors (Lipinski definition) is 3. The fraction of sp³-hybridized carbons (Fsp3) is 1.00. The van der Waals surface area contributed by atoms with Gasteiger partial charge in [-0.25, -0.2) is 0 Å². The zero-order chi connectivity index (χ0) is 14.8. The van der Waals surface area contributed by atoms with Crippen molar-refractivity contribution in [3.05, 3.63) is 0 Å². The molecule has 2 unspecified atom stereocenters. The molecule has 2 aliphatic rings. The molecule has 2 aliphatic heterocycles. The van der Waals surface area contributed by atoms with Gasteiger partial charge in [-0.05, 0) is 37.6 Å². The summed E-state index contributed by atoms with van der Waals surface area (Å²) in [6, 6.07) is 0.460. The molecule has 0 amide bonds. The molecule has 0 aliphatic carbocycles. The predicted octanol–water partition coefficient (Wildman–Crippen LogP) is 1.28. The molecule has 0 bridgehead atoms. The van der Waals surface area contributed by atoms with Crippen LogP contribution in [-0.4, -0.2) is 55.8 Å². The highest BCUT2D eigenvalue weighted by atomic mass is 32.2. The summed E-state index contributed by atoms with van der Waals surface area (Å²) in [6.45, 7) is 10.0. The molecule has 0 spiro atoms. The first-order chi connectivity index (χ1) is 9.39. The van der Waals surface area contributed by atoms with Crippen molar-refractivity contribution in [3.8, 4) is 0 Å². The minimum absolute atomic E-state index is 0.445. The van der Waals surface area contributed by atoms with E-state index in [1.165, 1.54) is 0 Å². The third-order valence-corrected chi connectivity index (χ3v) is 6.30. The molecule has 0 radical (unpaired) electrons. The minimum atomic E-state index is -3.23. The van der Waals surface area contributed by atoms with Gasteiger partial charge in [-0.2, -0.15) is 17.0 Å². The Balaban J connectivity index is 1.94. The van der Waals surface area contributed by atoms with E-state index >= 15 is 0 Å². The van der Waals surface area contributed by atoms with E-state index in [-0.39, 0.29) is 0 Å². The number of nitrogens with zero attached hydrogens (tertiary/aromatic N) is 2. The highest BCUT2D eigenvalue weighted by Gasteiger charge is 2.36. The Hall–Kier alpha value is -0.170. The lowest BCUT2D eigenvalue weighted by Crippen LogP contribution is -2.49. The minimum Gasteiger partial charge on any atom is -0.314 e. The summed E-state index contributed by atoms with van der Waals surface area (Å²) in [5, 5.41) is 3.43.